The molecule has 0 amide bonds. The highest BCUT2D eigenvalue weighted by molar-refractivity contribution is 9.11. The molecule has 5 heteroatoms. The Morgan fingerprint density at radius 1 is 1.32 bits per heavy atom. The van der Waals surface area contributed by atoms with Crippen molar-refractivity contribution in [1.29, 1.82) is 5.26 Å². The van der Waals surface area contributed by atoms with Crippen LogP contribution < -0.4 is 0 Å². The van der Waals surface area contributed by atoms with Crippen LogP contribution in [0.5, 0.6) is 0 Å². The van der Waals surface area contributed by atoms with Crippen LogP contribution in [0.4, 0.5) is 0 Å². The molecule has 0 saturated heterocycles. The third-order valence-corrected chi connectivity index (χ3v) is 4.29. The highest BCUT2D eigenvalue weighted by atomic mass is 79.9. The minimum atomic E-state index is 0.548. The second-order valence-electron chi connectivity index (χ2n) is 4.19. The number of rotatable bonds is 6. The van der Waals surface area contributed by atoms with Gasteiger partial charge < -0.3 is 0 Å². The summed E-state index contributed by atoms with van der Waals surface area (Å²) in [5.74, 6) is 0. The van der Waals surface area contributed by atoms with Crippen LogP contribution in [-0.4, -0.2) is 16.4 Å². The molecular weight excluding hydrogens is 322 g/mol. The predicted octanol–water partition coefficient (Wildman–Crippen LogP) is 3.82. The molecule has 0 N–H and O–H groups in total. The summed E-state index contributed by atoms with van der Waals surface area (Å²) < 4.78 is 1.14. The molecule has 0 bridgehead atoms. The van der Waals surface area contributed by atoms with Gasteiger partial charge in [0.05, 0.1) is 9.86 Å². The van der Waals surface area contributed by atoms with Gasteiger partial charge in [0.25, 0.3) is 0 Å². The minimum absolute atomic E-state index is 0.548. The summed E-state index contributed by atoms with van der Waals surface area (Å²) in [6, 6.07) is 10.4. The zero-order valence-corrected chi connectivity index (χ0v) is 12.8. The molecule has 0 atom stereocenters. The summed E-state index contributed by atoms with van der Waals surface area (Å²) in [7, 11) is 0. The van der Waals surface area contributed by atoms with Crippen molar-refractivity contribution in [3.8, 4) is 6.07 Å². The summed E-state index contributed by atoms with van der Waals surface area (Å²) in [6.07, 6.45) is 4.20. The van der Waals surface area contributed by atoms with Gasteiger partial charge in [-0.1, -0.05) is 6.07 Å². The van der Waals surface area contributed by atoms with Crippen molar-refractivity contribution in [2.75, 3.05) is 6.54 Å². The topological polar surface area (TPSA) is 39.9 Å². The van der Waals surface area contributed by atoms with Crippen molar-refractivity contribution < 1.29 is 0 Å². The molecule has 2 aromatic heterocycles. The van der Waals surface area contributed by atoms with Gasteiger partial charge in [0, 0.05) is 43.3 Å². The Balaban J connectivity index is 2.01. The molecule has 3 nitrogen and oxygen atoms in total. The van der Waals surface area contributed by atoms with Crippen LogP contribution in [-0.2, 0) is 13.1 Å². The molecule has 0 spiro atoms. The maximum Gasteiger partial charge on any atom is 0.0701 e. The Morgan fingerprint density at radius 2 is 2.21 bits per heavy atom. The quantitative estimate of drug-likeness (QED) is 0.805. The van der Waals surface area contributed by atoms with Gasteiger partial charge in [-0.05, 0) is 39.7 Å². The fourth-order valence-corrected chi connectivity index (χ4v) is 3.35. The molecule has 0 aliphatic rings. The van der Waals surface area contributed by atoms with Gasteiger partial charge in [-0.25, -0.2) is 0 Å². The van der Waals surface area contributed by atoms with Crippen LogP contribution in [0.15, 0.2) is 40.4 Å². The third-order valence-electron chi connectivity index (χ3n) is 2.68. The van der Waals surface area contributed by atoms with Crippen LogP contribution in [0.1, 0.15) is 16.9 Å². The van der Waals surface area contributed by atoms with Gasteiger partial charge in [-0.2, -0.15) is 5.26 Å². The second kappa shape index (κ2) is 7.39. The molecule has 0 radical (unpaired) electrons. The first-order valence-corrected chi connectivity index (χ1v) is 7.61. The summed E-state index contributed by atoms with van der Waals surface area (Å²) in [4.78, 5) is 7.71. The average molecular weight is 336 g/mol. The van der Waals surface area contributed by atoms with Crippen molar-refractivity contribution in [2.24, 2.45) is 0 Å². The lowest BCUT2D eigenvalue weighted by atomic mass is 10.2. The van der Waals surface area contributed by atoms with Crippen molar-refractivity contribution >= 4 is 27.3 Å². The number of thiophene rings is 1. The molecule has 98 valence electrons. The number of halogens is 1. The van der Waals surface area contributed by atoms with Crippen LogP contribution in [0.3, 0.4) is 0 Å². The van der Waals surface area contributed by atoms with E-state index in [1.807, 2.05) is 12.3 Å². The first-order chi connectivity index (χ1) is 9.28. The third kappa shape index (κ3) is 4.75. The van der Waals surface area contributed by atoms with Crippen LogP contribution >= 0.6 is 27.3 Å². The van der Waals surface area contributed by atoms with E-state index in [1.165, 1.54) is 10.4 Å². The van der Waals surface area contributed by atoms with E-state index in [-0.39, 0.29) is 0 Å². The summed E-state index contributed by atoms with van der Waals surface area (Å²) in [6.45, 7) is 2.47. The Hall–Kier alpha value is -1.22. The first-order valence-electron chi connectivity index (χ1n) is 6.00. The fourth-order valence-electron chi connectivity index (χ4n) is 1.83. The molecule has 0 fully saturated rings. The Labute approximate surface area is 125 Å². The van der Waals surface area contributed by atoms with Crippen LogP contribution in [0.25, 0.3) is 0 Å². The maximum atomic E-state index is 8.76. The van der Waals surface area contributed by atoms with E-state index in [4.69, 9.17) is 5.26 Å². The molecule has 2 aromatic rings. The lowest BCUT2D eigenvalue weighted by Gasteiger charge is -2.20. The standard InChI is InChI=1S/C14H14BrN3S/c15-14-5-4-13(19-14)11-18(8-2-6-16)10-12-3-1-7-17-9-12/h1,3-5,7,9H,2,8,10-11H2. The fraction of sp³-hybridized carbons (Fsp3) is 0.286. The van der Waals surface area contributed by atoms with Gasteiger partial charge in [0.2, 0.25) is 0 Å². The number of nitrogens with zero attached hydrogens (tertiary/aromatic N) is 3. The van der Waals surface area contributed by atoms with Crippen molar-refractivity contribution in [3.63, 3.8) is 0 Å². The Bertz CT molecular complexity index is 547. The van der Waals surface area contributed by atoms with E-state index in [0.29, 0.717) is 6.42 Å². The number of hydrogen-bond acceptors (Lipinski definition) is 4. The van der Waals surface area contributed by atoms with Crippen molar-refractivity contribution in [1.82, 2.24) is 9.88 Å². The highest BCUT2D eigenvalue weighted by Gasteiger charge is 2.08. The monoisotopic (exact) mass is 335 g/mol. The van der Waals surface area contributed by atoms with Gasteiger partial charge in [-0.15, -0.1) is 11.3 Å². The molecule has 0 aromatic carbocycles. The molecule has 19 heavy (non-hydrogen) atoms. The number of aromatic nitrogens is 1. The normalized spacial score (nSPS) is 10.6. The lowest BCUT2D eigenvalue weighted by Crippen LogP contribution is -2.23. The zero-order chi connectivity index (χ0) is 13.5. The maximum absolute atomic E-state index is 8.76. The van der Waals surface area contributed by atoms with Gasteiger partial charge in [0.1, 0.15) is 0 Å². The largest absolute Gasteiger partial charge is 0.293 e. The van der Waals surface area contributed by atoms with E-state index in [0.717, 1.165) is 23.4 Å². The molecule has 2 rings (SSSR count). The molecule has 0 unspecified atom stereocenters. The zero-order valence-electron chi connectivity index (χ0n) is 10.4. The number of pyridine rings is 1. The van der Waals surface area contributed by atoms with Crippen LogP contribution in [0.2, 0.25) is 0 Å². The van der Waals surface area contributed by atoms with E-state index in [9.17, 15) is 0 Å². The Morgan fingerprint density at radius 3 is 2.84 bits per heavy atom. The lowest BCUT2D eigenvalue weighted by molar-refractivity contribution is 0.265. The summed E-state index contributed by atoms with van der Waals surface area (Å²) in [5, 5.41) is 8.76. The van der Waals surface area contributed by atoms with Crippen molar-refractivity contribution in [3.05, 3.63) is 50.9 Å². The molecular formula is C14H14BrN3S. The van der Waals surface area contributed by atoms with E-state index in [2.05, 4.69) is 50.1 Å². The van der Waals surface area contributed by atoms with Gasteiger partial charge in [-0.3, -0.25) is 9.88 Å². The number of hydrogen-bond donors (Lipinski definition) is 0. The van der Waals surface area contributed by atoms with Gasteiger partial charge >= 0.3 is 0 Å². The summed E-state index contributed by atoms with van der Waals surface area (Å²) >= 11 is 5.22. The molecule has 0 saturated carbocycles. The smallest absolute Gasteiger partial charge is 0.0701 e. The minimum Gasteiger partial charge on any atom is -0.293 e. The second-order valence-corrected chi connectivity index (χ2v) is 6.73. The van der Waals surface area contributed by atoms with Crippen LogP contribution in [0, 0.1) is 11.3 Å². The van der Waals surface area contributed by atoms with E-state index < -0.39 is 0 Å². The highest BCUT2D eigenvalue weighted by Crippen LogP contribution is 2.23. The van der Waals surface area contributed by atoms with Crippen molar-refractivity contribution in [2.45, 2.75) is 19.5 Å². The van der Waals surface area contributed by atoms with E-state index in [1.54, 1.807) is 17.5 Å². The predicted molar refractivity (Wildman–Crippen MR) is 80.6 cm³/mol. The molecule has 2 heterocycles. The average Bonchev–Trinajstić information content (AvgIpc) is 2.82. The molecule has 0 aliphatic heterocycles. The SMILES string of the molecule is N#CCCN(Cc1cccnc1)Cc1ccc(Br)s1. The van der Waals surface area contributed by atoms with E-state index >= 15 is 0 Å². The Kier molecular flexibility index (Phi) is 5.52. The number of nitriles is 1. The molecule has 0 aliphatic carbocycles. The summed E-state index contributed by atoms with van der Waals surface area (Å²) in [5.41, 5.74) is 1.18. The first kappa shape index (κ1) is 14.2. The van der Waals surface area contributed by atoms with Gasteiger partial charge in [0.15, 0.2) is 0 Å².